The molecule has 0 unspecified atom stereocenters. The van der Waals surface area contributed by atoms with Crippen LogP contribution in [0, 0.1) is 11.8 Å². The largest absolute Gasteiger partial charge is 0.317 e. The highest BCUT2D eigenvalue weighted by Crippen LogP contribution is 2.36. The van der Waals surface area contributed by atoms with Crippen LogP contribution >= 0.6 is 0 Å². The molecule has 0 radical (unpaired) electrons. The first-order valence-corrected chi connectivity index (χ1v) is 9.79. The van der Waals surface area contributed by atoms with Gasteiger partial charge in [0.2, 0.25) is 0 Å². The van der Waals surface area contributed by atoms with Gasteiger partial charge in [0.25, 0.3) is 0 Å². The second kappa shape index (κ2) is 8.45. The van der Waals surface area contributed by atoms with E-state index in [9.17, 15) is 0 Å². The van der Waals surface area contributed by atoms with Crippen molar-refractivity contribution in [1.29, 1.82) is 0 Å². The highest BCUT2D eigenvalue weighted by Gasteiger charge is 2.33. The molecule has 2 saturated heterocycles. The Kier molecular flexibility index (Phi) is 6.31. The fourth-order valence-corrected chi connectivity index (χ4v) is 4.75. The van der Waals surface area contributed by atoms with E-state index in [1.807, 2.05) is 11.7 Å². The van der Waals surface area contributed by atoms with E-state index in [2.05, 4.69) is 46.6 Å². The molecule has 2 fully saturated rings. The van der Waals surface area contributed by atoms with E-state index in [0.29, 0.717) is 6.04 Å². The summed E-state index contributed by atoms with van der Waals surface area (Å²) in [6.45, 7) is 9.51. The molecule has 0 spiro atoms. The zero-order valence-corrected chi connectivity index (χ0v) is 15.7. The van der Waals surface area contributed by atoms with Gasteiger partial charge in [0.15, 0.2) is 0 Å². The molecule has 136 valence electrons. The lowest BCUT2D eigenvalue weighted by Gasteiger charge is -2.42. The number of nitrogens with one attached hydrogen (secondary N) is 1. The van der Waals surface area contributed by atoms with Crippen LogP contribution in [0.2, 0.25) is 0 Å². The number of aryl methyl sites for hydroxylation is 1. The Morgan fingerprint density at radius 1 is 1.25 bits per heavy atom. The lowest BCUT2D eigenvalue weighted by Crippen LogP contribution is -2.44. The zero-order chi connectivity index (χ0) is 16.9. The molecule has 0 bridgehead atoms. The minimum absolute atomic E-state index is 0.535. The van der Waals surface area contributed by atoms with Crippen LogP contribution in [-0.2, 0) is 7.05 Å². The first-order chi connectivity index (χ1) is 11.7. The molecule has 3 heterocycles. The van der Waals surface area contributed by atoms with Gasteiger partial charge in [-0.3, -0.25) is 9.58 Å². The summed E-state index contributed by atoms with van der Waals surface area (Å²) in [4.78, 5) is 5.26. The average molecular weight is 334 g/mol. The smallest absolute Gasteiger partial charge is 0.0537 e. The first kappa shape index (κ1) is 17.9. The van der Waals surface area contributed by atoms with Crippen LogP contribution < -0.4 is 5.32 Å². The third-order valence-electron chi connectivity index (χ3n) is 5.91. The number of hydrogen-bond acceptors (Lipinski definition) is 4. The molecule has 5 heteroatoms. The van der Waals surface area contributed by atoms with Crippen molar-refractivity contribution in [2.45, 2.75) is 38.6 Å². The molecule has 1 aromatic rings. The van der Waals surface area contributed by atoms with Crippen molar-refractivity contribution in [1.82, 2.24) is 24.9 Å². The summed E-state index contributed by atoms with van der Waals surface area (Å²) in [5.74, 6) is 1.59. The molecule has 0 amide bonds. The van der Waals surface area contributed by atoms with Crippen LogP contribution in [0.25, 0.3) is 0 Å². The van der Waals surface area contributed by atoms with E-state index in [0.717, 1.165) is 18.4 Å². The van der Waals surface area contributed by atoms with Crippen LogP contribution in [0.15, 0.2) is 12.4 Å². The van der Waals surface area contributed by atoms with Crippen molar-refractivity contribution in [3.63, 3.8) is 0 Å². The van der Waals surface area contributed by atoms with E-state index in [1.165, 1.54) is 64.0 Å². The summed E-state index contributed by atoms with van der Waals surface area (Å²) in [6, 6.07) is 0.535. The second-order valence-electron chi connectivity index (χ2n) is 7.84. The van der Waals surface area contributed by atoms with Crippen LogP contribution in [0.1, 0.15) is 44.2 Å². The lowest BCUT2D eigenvalue weighted by atomic mass is 9.85. The monoisotopic (exact) mass is 333 g/mol. The normalized spacial score (nSPS) is 27.0. The van der Waals surface area contributed by atoms with E-state index >= 15 is 0 Å². The Labute approximate surface area is 147 Å². The third-order valence-corrected chi connectivity index (χ3v) is 5.91. The molecule has 24 heavy (non-hydrogen) atoms. The number of hydrogen-bond donors (Lipinski definition) is 1. The van der Waals surface area contributed by atoms with Crippen molar-refractivity contribution in [2.24, 2.45) is 18.9 Å². The highest BCUT2D eigenvalue weighted by atomic mass is 15.3. The van der Waals surface area contributed by atoms with Crippen molar-refractivity contribution < 1.29 is 0 Å². The Bertz CT molecular complexity index is 494. The summed E-state index contributed by atoms with van der Waals surface area (Å²) >= 11 is 0. The van der Waals surface area contributed by atoms with Gasteiger partial charge in [0.1, 0.15) is 0 Å². The van der Waals surface area contributed by atoms with Crippen LogP contribution in [-0.4, -0.2) is 65.9 Å². The minimum atomic E-state index is 0.535. The Hall–Kier alpha value is -0.910. The Morgan fingerprint density at radius 2 is 2.04 bits per heavy atom. The number of aromatic nitrogens is 2. The molecular weight excluding hydrogens is 298 g/mol. The molecule has 3 rings (SSSR count). The van der Waals surface area contributed by atoms with E-state index < -0.39 is 0 Å². The second-order valence-corrected chi connectivity index (χ2v) is 7.84. The molecule has 5 nitrogen and oxygen atoms in total. The van der Waals surface area contributed by atoms with Gasteiger partial charge in [0, 0.05) is 37.9 Å². The number of rotatable bonds is 6. The van der Waals surface area contributed by atoms with Crippen molar-refractivity contribution in [3.05, 3.63) is 18.0 Å². The van der Waals surface area contributed by atoms with Gasteiger partial charge in [-0.1, -0.05) is 6.92 Å². The molecule has 2 atom stereocenters. The van der Waals surface area contributed by atoms with E-state index in [1.54, 1.807) is 0 Å². The maximum Gasteiger partial charge on any atom is 0.0537 e. The van der Waals surface area contributed by atoms with Gasteiger partial charge in [-0.15, -0.1) is 0 Å². The summed E-state index contributed by atoms with van der Waals surface area (Å²) in [7, 11) is 4.36. The zero-order valence-electron chi connectivity index (χ0n) is 15.7. The molecule has 2 aliphatic rings. The molecule has 0 aromatic carbocycles. The Morgan fingerprint density at radius 3 is 2.71 bits per heavy atom. The predicted octanol–water partition coefficient (Wildman–Crippen LogP) is 2.12. The van der Waals surface area contributed by atoms with Gasteiger partial charge in [-0.2, -0.15) is 5.10 Å². The van der Waals surface area contributed by atoms with Crippen LogP contribution in [0.3, 0.4) is 0 Å². The molecule has 2 aliphatic heterocycles. The summed E-state index contributed by atoms with van der Waals surface area (Å²) < 4.78 is 1.95. The molecule has 0 saturated carbocycles. The van der Waals surface area contributed by atoms with Crippen LogP contribution in [0.5, 0.6) is 0 Å². The van der Waals surface area contributed by atoms with Crippen molar-refractivity contribution >= 4 is 0 Å². The maximum atomic E-state index is 4.44. The fraction of sp³-hybridized carbons (Fsp3) is 0.842. The summed E-state index contributed by atoms with van der Waals surface area (Å²) in [5.41, 5.74) is 1.40. The highest BCUT2D eigenvalue weighted by molar-refractivity contribution is 5.13. The van der Waals surface area contributed by atoms with Crippen molar-refractivity contribution in [3.8, 4) is 0 Å². The lowest BCUT2D eigenvalue weighted by molar-refractivity contribution is 0.0715. The number of likely N-dealkylation sites (tertiary alicyclic amines) is 1. The average Bonchev–Trinajstić information content (AvgIpc) is 3.01. The summed E-state index contributed by atoms with van der Waals surface area (Å²) in [5, 5.41) is 7.92. The van der Waals surface area contributed by atoms with Gasteiger partial charge < -0.3 is 10.2 Å². The quantitative estimate of drug-likeness (QED) is 0.865. The molecule has 1 N–H and O–H groups in total. The van der Waals surface area contributed by atoms with Gasteiger partial charge in [0.05, 0.1) is 6.20 Å². The van der Waals surface area contributed by atoms with Gasteiger partial charge in [-0.05, 0) is 70.7 Å². The minimum Gasteiger partial charge on any atom is -0.317 e. The molecule has 0 aliphatic carbocycles. The van der Waals surface area contributed by atoms with E-state index in [-0.39, 0.29) is 0 Å². The molecule has 1 aromatic heterocycles. The SMILES string of the molecule is CCN1CCC[C@@H](CN(C)CC2CCNCC2)[C@@H]1c1cnn(C)c1. The summed E-state index contributed by atoms with van der Waals surface area (Å²) in [6.07, 6.45) is 9.64. The topological polar surface area (TPSA) is 36.3 Å². The van der Waals surface area contributed by atoms with Crippen LogP contribution in [0.4, 0.5) is 0 Å². The van der Waals surface area contributed by atoms with Gasteiger partial charge >= 0.3 is 0 Å². The van der Waals surface area contributed by atoms with Crippen molar-refractivity contribution in [2.75, 3.05) is 46.3 Å². The Balaban J connectivity index is 1.64. The standard InChI is InChI=1S/C19H35N5/c1-4-24-11-5-6-17(19(24)18-12-21-23(3)15-18)14-22(2)13-16-7-9-20-10-8-16/h12,15-17,19-20H,4-11,13-14H2,1-3H3/t17-,19+/m0/s1. The van der Waals surface area contributed by atoms with Gasteiger partial charge in [-0.25, -0.2) is 0 Å². The van der Waals surface area contributed by atoms with E-state index in [4.69, 9.17) is 0 Å². The predicted molar refractivity (Wildman–Crippen MR) is 99.0 cm³/mol. The number of nitrogens with zero attached hydrogens (tertiary/aromatic N) is 4. The first-order valence-electron chi connectivity index (χ1n) is 9.79. The maximum absolute atomic E-state index is 4.44. The third kappa shape index (κ3) is 4.38. The fourth-order valence-electron chi connectivity index (χ4n) is 4.75. The molecular formula is C19H35N5. The number of piperidine rings is 2.